The van der Waals surface area contributed by atoms with E-state index >= 15 is 0 Å². The average Bonchev–Trinajstić information content (AvgIpc) is 2.36. The van der Waals surface area contributed by atoms with Gasteiger partial charge in [0.1, 0.15) is 12.4 Å². The molecule has 0 aliphatic rings. The van der Waals surface area contributed by atoms with Crippen molar-refractivity contribution in [2.24, 2.45) is 0 Å². The van der Waals surface area contributed by atoms with Crippen LogP contribution in [0.4, 0.5) is 0 Å². The molecule has 88 valence electrons. The summed E-state index contributed by atoms with van der Waals surface area (Å²) in [6.07, 6.45) is 1.78. The van der Waals surface area contributed by atoms with E-state index in [4.69, 9.17) is 4.74 Å². The molecule has 0 spiro atoms. The highest BCUT2D eigenvalue weighted by Crippen LogP contribution is 2.07. The minimum atomic E-state index is 0.0455. The summed E-state index contributed by atoms with van der Waals surface area (Å²) in [6.45, 7) is 2.87. The van der Waals surface area contributed by atoms with Crippen LogP contribution < -0.4 is 10.3 Å². The van der Waals surface area contributed by atoms with Crippen molar-refractivity contribution in [3.8, 4) is 5.75 Å². The third-order valence-corrected chi connectivity index (χ3v) is 2.55. The SMILES string of the molecule is Cc1cccn(CCOc2ccccc2)c1=O. The van der Waals surface area contributed by atoms with E-state index < -0.39 is 0 Å². The number of hydrogen-bond donors (Lipinski definition) is 0. The summed E-state index contributed by atoms with van der Waals surface area (Å²) >= 11 is 0. The molecule has 0 bridgehead atoms. The first kappa shape index (κ1) is 11.5. The molecule has 0 aliphatic heterocycles. The van der Waals surface area contributed by atoms with Crippen LogP contribution >= 0.6 is 0 Å². The Kier molecular flexibility index (Phi) is 3.60. The predicted octanol–water partition coefficient (Wildman–Crippen LogP) is 2.24. The van der Waals surface area contributed by atoms with E-state index in [1.165, 1.54) is 0 Å². The molecule has 3 nitrogen and oxygen atoms in total. The molecule has 1 heterocycles. The van der Waals surface area contributed by atoms with Gasteiger partial charge in [-0.3, -0.25) is 4.79 Å². The summed E-state index contributed by atoms with van der Waals surface area (Å²) in [6, 6.07) is 13.3. The van der Waals surface area contributed by atoms with Gasteiger partial charge < -0.3 is 9.30 Å². The van der Waals surface area contributed by atoms with E-state index in [1.54, 1.807) is 10.8 Å². The van der Waals surface area contributed by atoms with Gasteiger partial charge in [-0.1, -0.05) is 24.3 Å². The minimum absolute atomic E-state index is 0.0455. The van der Waals surface area contributed by atoms with Crippen molar-refractivity contribution in [1.82, 2.24) is 4.57 Å². The van der Waals surface area contributed by atoms with Gasteiger partial charge in [0.2, 0.25) is 0 Å². The maximum Gasteiger partial charge on any atom is 0.253 e. The third kappa shape index (κ3) is 2.97. The summed E-state index contributed by atoms with van der Waals surface area (Å²) in [5.74, 6) is 0.827. The Labute approximate surface area is 100 Å². The molecule has 0 radical (unpaired) electrons. The number of pyridine rings is 1. The van der Waals surface area contributed by atoms with E-state index in [9.17, 15) is 4.79 Å². The Morgan fingerprint density at radius 3 is 2.65 bits per heavy atom. The molecule has 0 N–H and O–H groups in total. The lowest BCUT2D eigenvalue weighted by atomic mass is 10.3. The summed E-state index contributed by atoms with van der Waals surface area (Å²) in [4.78, 5) is 11.7. The number of benzene rings is 1. The van der Waals surface area contributed by atoms with Crippen LogP contribution in [0.1, 0.15) is 5.56 Å². The highest BCUT2D eigenvalue weighted by atomic mass is 16.5. The zero-order chi connectivity index (χ0) is 12.1. The first-order valence-electron chi connectivity index (χ1n) is 5.61. The van der Waals surface area contributed by atoms with Crippen molar-refractivity contribution < 1.29 is 4.74 Å². The summed E-state index contributed by atoms with van der Waals surface area (Å²) in [7, 11) is 0. The second kappa shape index (κ2) is 5.34. The van der Waals surface area contributed by atoms with Crippen LogP contribution in [0.2, 0.25) is 0 Å². The van der Waals surface area contributed by atoms with Crippen LogP contribution in [0.15, 0.2) is 53.5 Å². The van der Waals surface area contributed by atoms with Gasteiger partial charge in [-0.15, -0.1) is 0 Å². The molecule has 2 aromatic rings. The first-order chi connectivity index (χ1) is 8.27. The summed E-state index contributed by atoms with van der Waals surface area (Å²) < 4.78 is 7.21. The molecule has 0 unspecified atom stereocenters. The van der Waals surface area contributed by atoms with Crippen molar-refractivity contribution in [3.63, 3.8) is 0 Å². The lowest BCUT2D eigenvalue weighted by Crippen LogP contribution is -2.23. The lowest BCUT2D eigenvalue weighted by molar-refractivity contribution is 0.296. The predicted molar refractivity (Wildman–Crippen MR) is 67.4 cm³/mol. The fourth-order valence-corrected chi connectivity index (χ4v) is 1.61. The zero-order valence-corrected chi connectivity index (χ0v) is 9.80. The maximum atomic E-state index is 11.7. The van der Waals surface area contributed by atoms with Crippen LogP contribution in [0.5, 0.6) is 5.75 Å². The fraction of sp³-hybridized carbons (Fsp3) is 0.214. The van der Waals surface area contributed by atoms with Gasteiger partial charge in [-0.2, -0.15) is 0 Å². The Balaban J connectivity index is 1.95. The molecule has 2 rings (SSSR count). The number of aryl methyl sites for hydroxylation is 1. The topological polar surface area (TPSA) is 31.2 Å². The van der Waals surface area contributed by atoms with Gasteiger partial charge in [0, 0.05) is 11.8 Å². The Morgan fingerprint density at radius 2 is 1.88 bits per heavy atom. The van der Waals surface area contributed by atoms with Gasteiger partial charge in [-0.25, -0.2) is 0 Å². The van der Waals surface area contributed by atoms with Gasteiger partial charge >= 0.3 is 0 Å². The van der Waals surface area contributed by atoms with Gasteiger partial charge in [0.15, 0.2) is 0 Å². The van der Waals surface area contributed by atoms with Crippen LogP contribution in [0, 0.1) is 6.92 Å². The molecular weight excluding hydrogens is 214 g/mol. The van der Waals surface area contributed by atoms with E-state index in [0.29, 0.717) is 13.2 Å². The van der Waals surface area contributed by atoms with Gasteiger partial charge in [0.05, 0.1) is 6.54 Å². The highest BCUT2D eigenvalue weighted by molar-refractivity contribution is 5.20. The van der Waals surface area contributed by atoms with Gasteiger partial charge in [0.25, 0.3) is 5.56 Å². The van der Waals surface area contributed by atoms with Crippen molar-refractivity contribution in [2.45, 2.75) is 13.5 Å². The van der Waals surface area contributed by atoms with Crippen molar-refractivity contribution >= 4 is 0 Å². The maximum absolute atomic E-state index is 11.7. The number of aromatic nitrogens is 1. The highest BCUT2D eigenvalue weighted by Gasteiger charge is 1.98. The molecule has 0 aliphatic carbocycles. The van der Waals surface area contributed by atoms with Crippen LogP contribution in [0.3, 0.4) is 0 Å². The summed E-state index contributed by atoms with van der Waals surface area (Å²) in [5.41, 5.74) is 0.802. The van der Waals surface area contributed by atoms with Crippen molar-refractivity contribution in [2.75, 3.05) is 6.61 Å². The number of nitrogens with zero attached hydrogens (tertiary/aromatic N) is 1. The largest absolute Gasteiger partial charge is 0.492 e. The molecule has 0 atom stereocenters. The van der Waals surface area contributed by atoms with E-state index in [0.717, 1.165) is 11.3 Å². The molecule has 0 fully saturated rings. The molecule has 0 amide bonds. The first-order valence-corrected chi connectivity index (χ1v) is 5.61. The van der Waals surface area contributed by atoms with E-state index in [2.05, 4.69) is 0 Å². The van der Waals surface area contributed by atoms with Gasteiger partial charge in [-0.05, 0) is 25.1 Å². The Hall–Kier alpha value is -2.03. The quantitative estimate of drug-likeness (QED) is 0.805. The number of rotatable bonds is 4. The standard InChI is InChI=1S/C14H15NO2/c1-12-6-5-9-15(14(12)16)10-11-17-13-7-3-2-4-8-13/h2-9H,10-11H2,1H3. The van der Waals surface area contributed by atoms with Crippen molar-refractivity contribution in [1.29, 1.82) is 0 Å². The third-order valence-electron chi connectivity index (χ3n) is 2.55. The minimum Gasteiger partial charge on any atom is -0.492 e. The number of ether oxygens (including phenoxy) is 1. The number of hydrogen-bond acceptors (Lipinski definition) is 2. The van der Waals surface area contributed by atoms with Crippen molar-refractivity contribution in [3.05, 3.63) is 64.6 Å². The molecule has 0 saturated carbocycles. The average molecular weight is 229 g/mol. The lowest BCUT2D eigenvalue weighted by Gasteiger charge is -2.08. The van der Waals surface area contributed by atoms with E-state index in [1.807, 2.05) is 49.4 Å². The Morgan fingerprint density at radius 1 is 1.12 bits per heavy atom. The fourth-order valence-electron chi connectivity index (χ4n) is 1.61. The Bertz CT molecular complexity index is 531. The normalized spacial score (nSPS) is 10.2. The second-order valence-corrected chi connectivity index (χ2v) is 3.85. The molecule has 0 saturated heterocycles. The number of para-hydroxylation sites is 1. The molecule has 17 heavy (non-hydrogen) atoms. The second-order valence-electron chi connectivity index (χ2n) is 3.85. The smallest absolute Gasteiger partial charge is 0.253 e. The van der Waals surface area contributed by atoms with Crippen LogP contribution in [-0.4, -0.2) is 11.2 Å². The van der Waals surface area contributed by atoms with Crippen LogP contribution in [-0.2, 0) is 6.54 Å². The molecule has 1 aromatic heterocycles. The van der Waals surface area contributed by atoms with E-state index in [-0.39, 0.29) is 5.56 Å². The molecular formula is C14H15NO2. The zero-order valence-electron chi connectivity index (χ0n) is 9.80. The monoisotopic (exact) mass is 229 g/mol. The molecule has 1 aromatic carbocycles. The summed E-state index contributed by atoms with van der Waals surface area (Å²) in [5, 5.41) is 0. The molecule has 3 heteroatoms. The van der Waals surface area contributed by atoms with Crippen LogP contribution in [0.25, 0.3) is 0 Å².